The Morgan fingerprint density at radius 3 is 2.52 bits per heavy atom. The highest BCUT2D eigenvalue weighted by atomic mass is 19.3. The van der Waals surface area contributed by atoms with Crippen molar-refractivity contribution in [3.63, 3.8) is 0 Å². The summed E-state index contributed by atoms with van der Waals surface area (Å²) < 4.78 is 31.6. The van der Waals surface area contributed by atoms with Crippen molar-refractivity contribution in [3.8, 4) is 11.3 Å². The summed E-state index contributed by atoms with van der Waals surface area (Å²) in [7, 11) is 0. The number of para-hydroxylation sites is 1. The second-order valence-corrected chi connectivity index (χ2v) is 5.94. The molecule has 0 saturated carbocycles. The van der Waals surface area contributed by atoms with Crippen LogP contribution in [0, 0.1) is 0 Å². The van der Waals surface area contributed by atoms with Crippen molar-refractivity contribution in [2.45, 2.75) is 13.0 Å². The number of hydrogen-bond donors (Lipinski definition) is 2. The molecule has 0 aliphatic rings. The number of anilines is 1. The second kappa shape index (κ2) is 5.44. The van der Waals surface area contributed by atoms with Crippen LogP contribution >= 0.6 is 0 Å². The molecule has 6 heteroatoms. The predicted octanol–water partition coefficient (Wildman–Crippen LogP) is 4.97. The van der Waals surface area contributed by atoms with E-state index in [1.165, 1.54) is 6.07 Å². The average molecular weight is 340 g/mol. The number of fused-ring (bicyclic) bond motifs is 3. The molecule has 0 radical (unpaired) electrons. The zero-order valence-electron chi connectivity index (χ0n) is 13.3. The van der Waals surface area contributed by atoms with Gasteiger partial charge in [-0.25, -0.2) is 0 Å². The van der Waals surface area contributed by atoms with Gasteiger partial charge in [0, 0.05) is 29.8 Å². The quantitative estimate of drug-likeness (QED) is 0.518. The Morgan fingerprint density at radius 2 is 1.80 bits per heavy atom. The average Bonchev–Trinajstić information content (AvgIpc) is 2.94. The predicted molar refractivity (Wildman–Crippen MR) is 94.0 cm³/mol. The molecular formula is C19H14F2N2O2. The van der Waals surface area contributed by atoms with Gasteiger partial charge in [0.2, 0.25) is 5.43 Å². The lowest BCUT2D eigenvalue weighted by Gasteiger charge is -2.14. The molecule has 0 fully saturated rings. The van der Waals surface area contributed by atoms with E-state index in [9.17, 15) is 13.6 Å². The van der Waals surface area contributed by atoms with E-state index in [1.807, 2.05) is 18.2 Å². The lowest BCUT2D eigenvalue weighted by molar-refractivity contribution is 0.0543. The minimum absolute atomic E-state index is 0.234. The highest BCUT2D eigenvalue weighted by Crippen LogP contribution is 2.28. The highest BCUT2D eigenvalue weighted by molar-refractivity contribution is 6.02. The topological polar surface area (TPSA) is 58.0 Å². The van der Waals surface area contributed by atoms with E-state index in [-0.39, 0.29) is 11.0 Å². The first-order chi connectivity index (χ1) is 11.9. The zero-order valence-corrected chi connectivity index (χ0v) is 13.3. The molecule has 2 heterocycles. The van der Waals surface area contributed by atoms with Crippen LogP contribution in [-0.2, 0) is 0 Å². The van der Waals surface area contributed by atoms with Crippen LogP contribution in [0.1, 0.15) is 6.92 Å². The largest absolute Gasteiger partial charge is 0.450 e. The summed E-state index contributed by atoms with van der Waals surface area (Å²) in [5, 5.41) is 2.92. The summed E-state index contributed by atoms with van der Waals surface area (Å²) in [6.45, 7) is 0.788. The Hall–Kier alpha value is -3.15. The van der Waals surface area contributed by atoms with Gasteiger partial charge < -0.3 is 14.7 Å². The van der Waals surface area contributed by atoms with Crippen LogP contribution in [0.25, 0.3) is 33.3 Å². The fraction of sp³-hybridized carbons (Fsp3) is 0.105. The normalized spacial score (nSPS) is 12.0. The summed E-state index contributed by atoms with van der Waals surface area (Å²) >= 11 is 0. The van der Waals surface area contributed by atoms with Crippen LogP contribution in [0.4, 0.5) is 14.5 Å². The van der Waals surface area contributed by atoms with Crippen molar-refractivity contribution in [3.05, 3.63) is 64.8 Å². The van der Waals surface area contributed by atoms with Gasteiger partial charge in [-0.1, -0.05) is 24.3 Å². The van der Waals surface area contributed by atoms with Crippen LogP contribution in [0.5, 0.6) is 0 Å². The van der Waals surface area contributed by atoms with Gasteiger partial charge in [-0.3, -0.25) is 4.79 Å². The monoisotopic (exact) mass is 340 g/mol. The smallest absolute Gasteiger partial charge is 0.320 e. The van der Waals surface area contributed by atoms with Crippen LogP contribution in [0.15, 0.2) is 63.8 Å². The Morgan fingerprint density at radius 1 is 1.08 bits per heavy atom. The van der Waals surface area contributed by atoms with Crippen molar-refractivity contribution in [2.75, 3.05) is 5.32 Å². The number of alkyl halides is 2. The molecule has 25 heavy (non-hydrogen) atoms. The number of aromatic amines is 1. The SMILES string of the molecule is CC(F)(F)Nc1ccc(-c2cc(=O)c3oc4ccccc4c3[nH]2)cc1. The van der Waals surface area contributed by atoms with Crippen molar-refractivity contribution < 1.29 is 13.2 Å². The molecule has 0 spiro atoms. The Labute approximate surface area is 141 Å². The lowest BCUT2D eigenvalue weighted by Crippen LogP contribution is -2.22. The molecule has 2 aromatic carbocycles. The van der Waals surface area contributed by atoms with Gasteiger partial charge in [0.15, 0.2) is 5.58 Å². The lowest BCUT2D eigenvalue weighted by atomic mass is 10.1. The van der Waals surface area contributed by atoms with Crippen LogP contribution < -0.4 is 10.7 Å². The maximum absolute atomic E-state index is 13.0. The Bertz CT molecular complexity index is 1120. The molecule has 0 saturated heterocycles. The number of pyridine rings is 1. The van der Waals surface area contributed by atoms with E-state index in [0.717, 1.165) is 12.3 Å². The van der Waals surface area contributed by atoms with Gasteiger partial charge in [0.1, 0.15) is 5.58 Å². The molecule has 0 amide bonds. The number of halogens is 2. The van der Waals surface area contributed by atoms with Crippen molar-refractivity contribution >= 4 is 27.8 Å². The minimum Gasteiger partial charge on any atom is -0.450 e. The second-order valence-electron chi connectivity index (χ2n) is 5.94. The number of hydrogen-bond acceptors (Lipinski definition) is 3. The number of furan rings is 1. The van der Waals surface area contributed by atoms with E-state index >= 15 is 0 Å². The molecule has 0 unspecified atom stereocenters. The number of nitrogens with one attached hydrogen (secondary N) is 2. The first kappa shape index (κ1) is 15.4. The fourth-order valence-electron chi connectivity index (χ4n) is 2.85. The molecule has 4 rings (SSSR count). The minimum atomic E-state index is -3.00. The molecule has 4 aromatic rings. The van der Waals surface area contributed by atoms with E-state index in [0.29, 0.717) is 28.0 Å². The number of benzene rings is 2. The third-order valence-electron chi connectivity index (χ3n) is 3.91. The van der Waals surface area contributed by atoms with E-state index in [1.54, 1.807) is 30.3 Å². The van der Waals surface area contributed by atoms with Crippen molar-refractivity contribution in [1.29, 1.82) is 0 Å². The van der Waals surface area contributed by atoms with E-state index in [4.69, 9.17) is 4.42 Å². The third kappa shape index (κ3) is 2.87. The maximum Gasteiger partial charge on any atom is 0.320 e. The fourth-order valence-corrected chi connectivity index (χ4v) is 2.85. The number of rotatable bonds is 3. The Balaban J connectivity index is 1.81. The zero-order chi connectivity index (χ0) is 17.6. The van der Waals surface area contributed by atoms with Crippen LogP contribution in [-0.4, -0.2) is 11.0 Å². The molecule has 0 bridgehead atoms. The summed E-state index contributed by atoms with van der Waals surface area (Å²) in [5.74, 6) is 0. The molecule has 0 atom stereocenters. The van der Waals surface area contributed by atoms with Crippen molar-refractivity contribution in [1.82, 2.24) is 4.98 Å². The standard InChI is InChI=1S/C19H14F2N2O2/c1-19(20,21)23-12-8-6-11(7-9-12)14-10-15(24)18-17(22-14)13-4-2-3-5-16(13)25-18/h2-10,23H,1H3,(H,22,24). The summed E-state index contributed by atoms with van der Waals surface area (Å²) in [5.41, 5.74) is 2.91. The summed E-state index contributed by atoms with van der Waals surface area (Å²) in [4.78, 5) is 15.6. The summed E-state index contributed by atoms with van der Waals surface area (Å²) in [6, 6.07) is 12.3. The van der Waals surface area contributed by atoms with E-state index in [2.05, 4.69) is 10.3 Å². The number of aromatic nitrogens is 1. The first-order valence-electron chi connectivity index (χ1n) is 7.72. The highest BCUT2D eigenvalue weighted by Gasteiger charge is 2.20. The van der Waals surface area contributed by atoms with Gasteiger partial charge in [0.05, 0.1) is 5.52 Å². The first-order valence-corrected chi connectivity index (χ1v) is 7.72. The van der Waals surface area contributed by atoms with Crippen LogP contribution in [0.3, 0.4) is 0 Å². The number of H-pyrrole nitrogens is 1. The molecule has 0 aliphatic carbocycles. The molecule has 126 valence electrons. The van der Waals surface area contributed by atoms with Gasteiger partial charge >= 0.3 is 6.05 Å². The maximum atomic E-state index is 13.0. The third-order valence-corrected chi connectivity index (χ3v) is 3.91. The van der Waals surface area contributed by atoms with Gasteiger partial charge in [-0.05, 0) is 29.8 Å². The molecule has 2 N–H and O–H groups in total. The van der Waals surface area contributed by atoms with Gasteiger partial charge in [0.25, 0.3) is 0 Å². The van der Waals surface area contributed by atoms with Crippen LogP contribution in [0.2, 0.25) is 0 Å². The Kier molecular flexibility index (Phi) is 3.35. The van der Waals surface area contributed by atoms with Gasteiger partial charge in [-0.2, -0.15) is 8.78 Å². The molecule has 2 aromatic heterocycles. The summed E-state index contributed by atoms with van der Waals surface area (Å²) in [6.07, 6.45) is 0. The van der Waals surface area contributed by atoms with Crippen molar-refractivity contribution in [2.24, 2.45) is 0 Å². The van der Waals surface area contributed by atoms with E-state index < -0.39 is 6.05 Å². The molecule has 4 nitrogen and oxygen atoms in total. The molecule has 0 aliphatic heterocycles. The van der Waals surface area contributed by atoms with Gasteiger partial charge in [-0.15, -0.1) is 0 Å². The molecular weight excluding hydrogens is 326 g/mol.